The summed E-state index contributed by atoms with van der Waals surface area (Å²) in [6, 6.07) is 10.2. The van der Waals surface area contributed by atoms with E-state index in [1.807, 2.05) is 25.1 Å². The molecule has 1 aromatic rings. The monoisotopic (exact) mass is 287 g/mol. The number of esters is 1. The van der Waals surface area contributed by atoms with Crippen molar-refractivity contribution in [1.82, 2.24) is 4.90 Å². The summed E-state index contributed by atoms with van der Waals surface area (Å²) in [7, 11) is 0. The molecule has 1 saturated heterocycles. The second-order valence-electron chi connectivity index (χ2n) is 6.49. The van der Waals surface area contributed by atoms with Crippen molar-refractivity contribution >= 4 is 5.97 Å². The molecule has 0 spiro atoms. The first-order valence-electron chi connectivity index (χ1n) is 8.13. The minimum atomic E-state index is -0.471. The van der Waals surface area contributed by atoms with Gasteiger partial charge in [-0.15, -0.1) is 0 Å². The van der Waals surface area contributed by atoms with Gasteiger partial charge < -0.3 is 4.74 Å². The molecule has 2 unspecified atom stereocenters. The van der Waals surface area contributed by atoms with Crippen molar-refractivity contribution in [2.75, 3.05) is 19.7 Å². The van der Waals surface area contributed by atoms with Gasteiger partial charge >= 0.3 is 5.97 Å². The summed E-state index contributed by atoms with van der Waals surface area (Å²) >= 11 is 0. The van der Waals surface area contributed by atoms with Gasteiger partial charge in [-0.2, -0.15) is 0 Å². The van der Waals surface area contributed by atoms with Crippen LogP contribution in [0.5, 0.6) is 0 Å². The molecule has 1 saturated carbocycles. The van der Waals surface area contributed by atoms with E-state index in [1.165, 1.54) is 19.3 Å². The SMILES string of the molecule is CCOC(=O)C1(c2ccccc2)CC1(C)N1CCCCC1. The van der Waals surface area contributed by atoms with Crippen LogP contribution in [0.1, 0.15) is 45.1 Å². The Labute approximate surface area is 127 Å². The van der Waals surface area contributed by atoms with Gasteiger partial charge in [-0.1, -0.05) is 36.8 Å². The third-order valence-corrected chi connectivity index (χ3v) is 5.35. The average Bonchev–Trinajstić information content (AvgIpc) is 3.18. The second-order valence-corrected chi connectivity index (χ2v) is 6.49. The first-order chi connectivity index (χ1) is 10.1. The molecule has 3 rings (SSSR count). The van der Waals surface area contributed by atoms with Gasteiger partial charge in [0.25, 0.3) is 0 Å². The van der Waals surface area contributed by atoms with Gasteiger partial charge in [0.2, 0.25) is 0 Å². The first-order valence-corrected chi connectivity index (χ1v) is 8.13. The lowest BCUT2D eigenvalue weighted by molar-refractivity contribution is -0.147. The Bertz CT molecular complexity index is 509. The van der Waals surface area contributed by atoms with E-state index in [0.29, 0.717) is 6.61 Å². The molecule has 114 valence electrons. The minimum Gasteiger partial charge on any atom is -0.465 e. The van der Waals surface area contributed by atoms with E-state index < -0.39 is 5.41 Å². The van der Waals surface area contributed by atoms with Crippen molar-refractivity contribution in [3.05, 3.63) is 35.9 Å². The third-order valence-electron chi connectivity index (χ3n) is 5.35. The number of piperidine rings is 1. The van der Waals surface area contributed by atoms with Crippen molar-refractivity contribution in [3.63, 3.8) is 0 Å². The topological polar surface area (TPSA) is 29.5 Å². The van der Waals surface area contributed by atoms with Crippen LogP contribution >= 0.6 is 0 Å². The Morgan fingerprint density at radius 3 is 2.48 bits per heavy atom. The molecule has 0 radical (unpaired) electrons. The molecule has 1 heterocycles. The molecule has 1 aromatic carbocycles. The Kier molecular flexibility index (Phi) is 3.78. The van der Waals surface area contributed by atoms with Crippen molar-refractivity contribution in [2.45, 2.75) is 50.5 Å². The van der Waals surface area contributed by atoms with Crippen LogP contribution in [-0.2, 0) is 14.9 Å². The van der Waals surface area contributed by atoms with Crippen LogP contribution in [0.15, 0.2) is 30.3 Å². The maximum Gasteiger partial charge on any atom is 0.318 e. The standard InChI is InChI=1S/C18H25NO2/c1-3-21-16(20)18(15-10-6-4-7-11-15)14-17(18,2)19-12-8-5-9-13-19/h4,6-7,10-11H,3,5,8-9,12-14H2,1-2H3. The fourth-order valence-electron chi connectivity index (χ4n) is 4.04. The molecule has 3 nitrogen and oxygen atoms in total. The largest absolute Gasteiger partial charge is 0.465 e. The number of benzene rings is 1. The number of hydrogen-bond acceptors (Lipinski definition) is 3. The van der Waals surface area contributed by atoms with Crippen molar-refractivity contribution < 1.29 is 9.53 Å². The quantitative estimate of drug-likeness (QED) is 0.797. The molecule has 21 heavy (non-hydrogen) atoms. The van der Waals surface area contributed by atoms with Crippen molar-refractivity contribution in [2.24, 2.45) is 0 Å². The predicted octanol–water partition coefficient (Wildman–Crippen LogP) is 3.14. The number of likely N-dealkylation sites (tertiary alicyclic amines) is 1. The summed E-state index contributed by atoms with van der Waals surface area (Å²) in [5, 5.41) is 0. The lowest BCUT2D eigenvalue weighted by atomic mass is 9.89. The molecule has 2 atom stereocenters. The van der Waals surface area contributed by atoms with E-state index in [9.17, 15) is 4.79 Å². The molecular formula is C18H25NO2. The molecule has 0 amide bonds. The molecule has 2 aliphatic rings. The normalized spacial score (nSPS) is 32.7. The number of carbonyl (C=O) groups excluding carboxylic acids is 1. The molecular weight excluding hydrogens is 262 g/mol. The number of carbonyl (C=O) groups is 1. The number of rotatable bonds is 4. The third kappa shape index (κ3) is 2.18. The zero-order chi connectivity index (χ0) is 14.9. The van der Waals surface area contributed by atoms with Crippen LogP contribution in [0, 0.1) is 0 Å². The van der Waals surface area contributed by atoms with Crippen LogP contribution in [0.25, 0.3) is 0 Å². The maximum atomic E-state index is 12.7. The van der Waals surface area contributed by atoms with E-state index >= 15 is 0 Å². The summed E-state index contributed by atoms with van der Waals surface area (Å²) in [5.74, 6) is -0.0516. The van der Waals surface area contributed by atoms with E-state index in [4.69, 9.17) is 4.74 Å². The van der Waals surface area contributed by atoms with Crippen LogP contribution in [0.4, 0.5) is 0 Å². The van der Waals surface area contributed by atoms with Crippen LogP contribution in [0.3, 0.4) is 0 Å². The summed E-state index contributed by atoms with van der Waals surface area (Å²) in [4.78, 5) is 15.3. The highest BCUT2D eigenvalue weighted by molar-refractivity contribution is 5.90. The lowest BCUT2D eigenvalue weighted by Crippen LogP contribution is -2.46. The highest BCUT2D eigenvalue weighted by Crippen LogP contribution is 2.62. The number of nitrogens with zero attached hydrogens (tertiary/aromatic N) is 1. The van der Waals surface area contributed by atoms with Crippen molar-refractivity contribution in [3.8, 4) is 0 Å². The van der Waals surface area contributed by atoms with Gasteiger partial charge in [-0.3, -0.25) is 9.69 Å². The zero-order valence-electron chi connectivity index (χ0n) is 13.1. The summed E-state index contributed by atoms with van der Waals surface area (Å²) < 4.78 is 5.44. The first kappa shape index (κ1) is 14.6. The van der Waals surface area contributed by atoms with Gasteiger partial charge in [0.15, 0.2) is 0 Å². The smallest absolute Gasteiger partial charge is 0.318 e. The van der Waals surface area contributed by atoms with Crippen LogP contribution in [-0.4, -0.2) is 36.1 Å². The summed E-state index contributed by atoms with van der Waals surface area (Å²) in [6.45, 7) is 6.78. The second kappa shape index (κ2) is 5.45. The highest BCUT2D eigenvalue weighted by Gasteiger charge is 2.73. The van der Waals surface area contributed by atoms with E-state index in [1.54, 1.807) is 0 Å². The summed E-state index contributed by atoms with van der Waals surface area (Å²) in [6.07, 6.45) is 4.67. The number of hydrogen-bond donors (Lipinski definition) is 0. The molecule has 1 aliphatic heterocycles. The molecule has 3 heteroatoms. The molecule has 1 aliphatic carbocycles. The number of ether oxygens (including phenoxy) is 1. The van der Waals surface area contributed by atoms with Gasteiger partial charge in [-0.25, -0.2) is 0 Å². The summed E-state index contributed by atoms with van der Waals surface area (Å²) in [5.41, 5.74) is 0.555. The molecule has 0 N–H and O–H groups in total. The van der Waals surface area contributed by atoms with Gasteiger partial charge in [-0.05, 0) is 51.8 Å². The highest BCUT2D eigenvalue weighted by atomic mass is 16.5. The van der Waals surface area contributed by atoms with E-state index in [0.717, 1.165) is 25.1 Å². The maximum absolute atomic E-state index is 12.7. The molecule has 2 fully saturated rings. The van der Waals surface area contributed by atoms with Crippen LogP contribution < -0.4 is 0 Å². The Hall–Kier alpha value is -1.35. The van der Waals surface area contributed by atoms with Crippen molar-refractivity contribution in [1.29, 1.82) is 0 Å². The Balaban J connectivity index is 1.94. The Morgan fingerprint density at radius 1 is 1.19 bits per heavy atom. The Morgan fingerprint density at radius 2 is 1.86 bits per heavy atom. The molecule has 0 aromatic heterocycles. The van der Waals surface area contributed by atoms with Gasteiger partial charge in [0, 0.05) is 5.54 Å². The van der Waals surface area contributed by atoms with E-state index in [-0.39, 0.29) is 11.5 Å². The molecule has 0 bridgehead atoms. The van der Waals surface area contributed by atoms with Crippen LogP contribution in [0.2, 0.25) is 0 Å². The van der Waals surface area contributed by atoms with E-state index in [2.05, 4.69) is 24.0 Å². The minimum absolute atomic E-state index is 0.0516. The average molecular weight is 287 g/mol. The predicted molar refractivity (Wildman–Crippen MR) is 83.2 cm³/mol. The zero-order valence-corrected chi connectivity index (χ0v) is 13.1. The van der Waals surface area contributed by atoms with Gasteiger partial charge in [0.1, 0.15) is 5.41 Å². The lowest BCUT2D eigenvalue weighted by Gasteiger charge is -2.36. The fraction of sp³-hybridized carbons (Fsp3) is 0.611. The fourth-order valence-corrected chi connectivity index (χ4v) is 4.04. The van der Waals surface area contributed by atoms with Gasteiger partial charge in [0.05, 0.1) is 6.61 Å².